The molecule has 3 aromatic rings. The molecule has 0 aliphatic carbocycles. The number of para-hydroxylation sites is 1. The number of nitrogens with one attached hydrogen (secondary N) is 1. The van der Waals surface area contributed by atoms with Gasteiger partial charge in [-0.3, -0.25) is 4.79 Å². The van der Waals surface area contributed by atoms with Crippen molar-refractivity contribution in [2.45, 2.75) is 6.04 Å². The number of rotatable bonds is 6. The largest absolute Gasteiger partial charge is 0.508 e. The first-order valence-electron chi connectivity index (χ1n) is 8.65. The van der Waals surface area contributed by atoms with Crippen molar-refractivity contribution in [1.82, 2.24) is 5.32 Å². The number of phenols is 1. The van der Waals surface area contributed by atoms with Gasteiger partial charge < -0.3 is 20.9 Å². The molecule has 0 aliphatic rings. The molecule has 0 spiro atoms. The average molecular weight is 399 g/mol. The highest BCUT2D eigenvalue weighted by Crippen LogP contribution is 2.30. The normalized spacial score (nSPS) is 11.2. The molecule has 3 aromatic carbocycles. The summed E-state index contributed by atoms with van der Waals surface area (Å²) in [5.74, 6) is 0.708. The van der Waals surface area contributed by atoms with Crippen molar-refractivity contribution in [2.24, 2.45) is 5.73 Å². The zero-order valence-electron chi connectivity index (χ0n) is 15.5. The highest BCUT2D eigenvalue weighted by atomic mass is 35.5. The van der Waals surface area contributed by atoms with Crippen LogP contribution >= 0.6 is 12.4 Å². The van der Waals surface area contributed by atoms with E-state index in [0.717, 1.165) is 22.4 Å². The van der Waals surface area contributed by atoms with E-state index < -0.39 is 0 Å². The van der Waals surface area contributed by atoms with Gasteiger partial charge in [0.15, 0.2) is 0 Å². The van der Waals surface area contributed by atoms with Crippen LogP contribution in [0.15, 0.2) is 72.8 Å². The number of phenolic OH excluding ortho intramolecular Hbond substituents is 1. The van der Waals surface area contributed by atoms with Gasteiger partial charge in [0.1, 0.15) is 11.5 Å². The Labute approximate surface area is 170 Å². The fraction of sp³-hybridized carbons (Fsp3) is 0.136. The molecule has 6 heteroatoms. The van der Waals surface area contributed by atoms with Crippen LogP contribution in [0, 0.1) is 0 Å². The average Bonchev–Trinajstić information content (AvgIpc) is 2.72. The van der Waals surface area contributed by atoms with Crippen molar-refractivity contribution < 1.29 is 14.6 Å². The molecule has 5 nitrogen and oxygen atoms in total. The molecule has 1 unspecified atom stereocenters. The Kier molecular flexibility index (Phi) is 7.44. The molecule has 1 amide bonds. The first-order valence-corrected chi connectivity index (χ1v) is 8.65. The van der Waals surface area contributed by atoms with Gasteiger partial charge in [-0.25, -0.2) is 0 Å². The van der Waals surface area contributed by atoms with Crippen molar-refractivity contribution in [3.8, 4) is 22.6 Å². The number of hydrogen-bond acceptors (Lipinski definition) is 4. The summed E-state index contributed by atoms with van der Waals surface area (Å²) in [5.41, 5.74) is 9.03. The summed E-state index contributed by atoms with van der Waals surface area (Å²) in [6.45, 7) is 0.253. The lowest BCUT2D eigenvalue weighted by Crippen LogP contribution is -2.33. The van der Waals surface area contributed by atoms with E-state index in [1.165, 1.54) is 0 Å². The van der Waals surface area contributed by atoms with Gasteiger partial charge in [0.2, 0.25) is 0 Å². The van der Waals surface area contributed by atoms with Crippen LogP contribution in [0.2, 0.25) is 0 Å². The van der Waals surface area contributed by atoms with Gasteiger partial charge in [0.05, 0.1) is 13.2 Å². The van der Waals surface area contributed by atoms with Crippen molar-refractivity contribution in [3.05, 3.63) is 83.9 Å². The van der Waals surface area contributed by atoms with Crippen molar-refractivity contribution in [1.29, 1.82) is 0 Å². The van der Waals surface area contributed by atoms with Gasteiger partial charge in [0, 0.05) is 17.7 Å². The molecular weight excluding hydrogens is 376 g/mol. The van der Waals surface area contributed by atoms with Gasteiger partial charge in [-0.05, 0) is 41.5 Å². The summed E-state index contributed by atoms with van der Waals surface area (Å²) in [5, 5.41) is 12.4. The monoisotopic (exact) mass is 398 g/mol. The quantitative estimate of drug-likeness (QED) is 0.587. The minimum atomic E-state index is -0.340. The second-order valence-corrected chi connectivity index (χ2v) is 6.13. The molecule has 0 saturated heterocycles. The second-order valence-electron chi connectivity index (χ2n) is 6.13. The molecule has 3 rings (SSSR count). The zero-order valence-corrected chi connectivity index (χ0v) is 16.3. The number of aromatic hydroxyl groups is 1. The van der Waals surface area contributed by atoms with E-state index in [1.807, 2.05) is 42.5 Å². The number of halogens is 1. The fourth-order valence-corrected chi connectivity index (χ4v) is 2.94. The molecule has 146 valence electrons. The first-order chi connectivity index (χ1) is 13.1. The number of carbonyl (C=O) groups is 1. The molecule has 1 atom stereocenters. The third-order valence-corrected chi connectivity index (χ3v) is 4.38. The van der Waals surface area contributed by atoms with Crippen LogP contribution < -0.4 is 15.8 Å². The summed E-state index contributed by atoms with van der Waals surface area (Å²) in [6, 6.07) is 21.4. The number of hydrogen-bond donors (Lipinski definition) is 3. The van der Waals surface area contributed by atoms with Crippen LogP contribution in [0.1, 0.15) is 22.0 Å². The lowest BCUT2D eigenvalue weighted by molar-refractivity contribution is 0.0938. The molecular formula is C22H23ClN2O3. The first kappa shape index (κ1) is 21.3. The maximum Gasteiger partial charge on any atom is 0.251 e. The molecule has 0 bridgehead atoms. The van der Waals surface area contributed by atoms with Crippen LogP contribution in [0.25, 0.3) is 11.1 Å². The topological polar surface area (TPSA) is 84.6 Å². The maximum absolute atomic E-state index is 12.7. The van der Waals surface area contributed by atoms with Crippen LogP contribution in [-0.2, 0) is 0 Å². The van der Waals surface area contributed by atoms with Gasteiger partial charge >= 0.3 is 0 Å². The molecule has 0 fully saturated rings. The van der Waals surface area contributed by atoms with Gasteiger partial charge in [-0.1, -0.05) is 42.5 Å². The van der Waals surface area contributed by atoms with Gasteiger partial charge in [0.25, 0.3) is 5.91 Å². The van der Waals surface area contributed by atoms with Crippen molar-refractivity contribution in [2.75, 3.05) is 13.7 Å². The highest BCUT2D eigenvalue weighted by Gasteiger charge is 2.15. The number of methoxy groups -OCH3 is 1. The van der Waals surface area contributed by atoms with E-state index in [4.69, 9.17) is 10.5 Å². The minimum absolute atomic E-state index is 0. The van der Waals surface area contributed by atoms with Crippen molar-refractivity contribution in [3.63, 3.8) is 0 Å². The molecule has 0 aromatic heterocycles. The lowest BCUT2D eigenvalue weighted by Gasteiger charge is -2.18. The van der Waals surface area contributed by atoms with E-state index in [1.54, 1.807) is 37.4 Å². The van der Waals surface area contributed by atoms with E-state index in [0.29, 0.717) is 5.56 Å². The lowest BCUT2D eigenvalue weighted by atomic mass is 10.0. The number of amides is 1. The predicted molar refractivity (Wildman–Crippen MR) is 113 cm³/mol. The summed E-state index contributed by atoms with van der Waals surface area (Å²) < 4.78 is 5.41. The predicted octanol–water partition coefficient (Wildman–Crippen LogP) is 3.92. The summed E-state index contributed by atoms with van der Waals surface area (Å²) in [4.78, 5) is 12.7. The zero-order chi connectivity index (χ0) is 19.2. The minimum Gasteiger partial charge on any atom is -0.508 e. The Balaban J connectivity index is 0.00000280. The summed E-state index contributed by atoms with van der Waals surface area (Å²) >= 11 is 0. The van der Waals surface area contributed by atoms with Crippen LogP contribution in [0.5, 0.6) is 11.5 Å². The third-order valence-electron chi connectivity index (χ3n) is 4.38. The number of nitrogens with two attached hydrogens (primary N) is 1. The number of ether oxygens (including phenoxy) is 1. The number of benzene rings is 3. The van der Waals surface area contributed by atoms with E-state index >= 15 is 0 Å². The fourth-order valence-electron chi connectivity index (χ4n) is 2.94. The Morgan fingerprint density at radius 2 is 1.79 bits per heavy atom. The van der Waals surface area contributed by atoms with E-state index in [2.05, 4.69) is 5.32 Å². The Hall–Kier alpha value is -3.02. The van der Waals surface area contributed by atoms with Crippen LogP contribution in [0.4, 0.5) is 0 Å². The van der Waals surface area contributed by atoms with Crippen LogP contribution in [0.3, 0.4) is 0 Å². The van der Waals surface area contributed by atoms with E-state index in [9.17, 15) is 9.90 Å². The summed E-state index contributed by atoms with van der Waals surface area (Å²) in [6.07, 6.45) is 0. The molecule has 0 aliphatic heterocycles. The van der Waals surface area contributed by atoms with Crippen LogP contribution in [-0.4, -0.2) is 24.7 Å². The van der Waals surface area contributed by atoms with Gasteiger partial charge in [-0.15, -0.1) is 12.4 Å². The summed E-state index contributed by atoms with van der Waals surface area (Å²) in [7, 11) is 1.62. The molecule has 0 radical (unpaired) electrons. The van der Waals surface area contributed by atoms with Crippen molar-refractivity contribution >= 4 is 18.3 Å². The standard InChI is InChI=1S/C22H22N2O3.ClH/c1-27-21-8-3-2-7-19(21)16-5-4-6-17(13-16)22(26)24-20(14-23)15-9-11-18(25)12-10-15;/h2-13,20,25H,14,23H2,1H3,(H,24,26);1H. The molecule has 0 heterocycles. The smallest absolute Gasteiger partial charge is 0.251 e. The molecule has 28 heavy (non-hydrogen) atoms. The Bertz CT molecular complexity index is 929. The number of carbonyl (C=O) groups excluding carboxylic acids is 1. The highest BCUT2D eigenvalue weighted by molar-refractivity contribution is 5.96. The second kappa shape index (κ2) is 9.78. The Morgan fingerprint density at radius 1 is 1.07 bits per heavy atom. The van der Waals surface area contributed by atoms with E-state index in [-0.39, 0.29) is 36.7 Å². The molecule has 4 N–H and O–H groups in total. The third kappa shape index (κ3) is 4.82. The Morgan fingerprint density at radius 3 is 2.46 bits per heavy atom. The SMILES string of the molecule is COc1ccccc1-c1cccc(C(=O)NC(CN)c2ccc(O)cc2)c1.Cl. The maximum atomic E-state index is 12.7. The molecule has 0 saturated carbocycles. The van der Waals surface area contributed by atoms with Gasteiger partial charge in [-0.2, -0.15) is 0 Å².